The first-order valence-corrected chi connectivity index (χ1v) is 6.98. The molecule has 0 aliphatic heterocycles. The maximum Gasteiger partial charge on any atom is 0.416 e. The van der Waals surface area contributed by atoms with Gasteiger partial charge in [0.25, 0.3) is 0 Å². The number of hydrogen-bond donors (Lipinski definition) is 1. The molecule has 0 atom stereocenters. The van der Waals surface area contributed by atoms with Crippen LogP contribution in [0.5, 0.6) is 0 Å². The van der Waals surface area contributed by atoms with E-state index in [-0.39, 0.29) is 0 Å². The predicted octanol–water partition coefficient (Wildman–Crippen LogP) is 5.32. The summed E-state index contributed by atoms with van der Waals surface area (Å²) in [4.78, 5) is 7.48. The molecule has 1 heterocycles. The monoisotopic (exact) mass is 354 g/mol. The predicted molar refractivity (Wildman–Crippen MR) is 79.0 cm³/mol. The third-order valence-corrected chi connectivity index (χ3v) is 3.95. The van der Waals surface area contributed by atoms with E-state index in [1.54, 1.807) is 0 Å². The number of para-hydroxylation sites is 1. The highest BCUT2D eigenvalue weighted by Crippen LogP contribution is 2.35. The van der Waals surface area contributed by atoms with Crippen molar-refractivity contribution >= 4 is 27.0 Å². The SMILES string of the molecule is Cc1cccc2[nH]c(-c3cc(C(F)(F)F)ccc3Br)nc12. The molecule has 1 N–H and O–H groups in total. The standard InChI is InChI=1S/C15H10BrF3N2/c1-8-3-2-4-12-13(8)21-14(20-12)10-7-9(15(17,18)19)5-6-11(10)16/h2-7H,1H3,(H,20,21). The lowest BCUT2D eigenvalue weighted by Crippen LogP contribution is -2.05. The van der Waals surface area contributed by atoms with Crippen LogP contribution in [0.1, 0.15) is 11.1 Å². The molecule has 6 heteroatoms. The summed E-state index contributed by atoms with van der Waals surface area (Å²) in [6, 6.07) is 9.16. The Bertz CT molecular complexity index is 821. The van der Waals surface area contributed by atoms with Crippen molar-refractivity contribution < 1.29 is 13.2 Å². The summed E-state index contributed by atoms with van der Waals surface area (Å²) >= 11 is 3.28. The molecule has 0 spiro atoms. The van der Waals surface area contributed by atoms with Crippen LogP contribution >= 0.6 is 15.9 Å². The molecule has 108 valence electrons. The van der Waals surface area contributed by atoms with Crippen LogP contribution in [0.3, 0.4) is 0 Å². The Morgan fingerprint density at radius 1 is 1.14 bits per heavy atom. The Morgan fingerprint density at radius 3 is 2.57 bits per heavy atom. The molecule has 0 bridgehead atoms. The van der Waals surface area contributed by atoms with Gasteiger partial charge in [0, 0.05) is 10.0 Å². The van der Waals surface area contributed by atoms with Gasteiger partial charge in [-0.15, -0.1) is 0 Å². The summed E-state index contributed by atoms with van der Waals surface area (Å²) in [5, 5.41) is 0. The summed E-state index contributed by atoms with van der Waals surface area (Å²) in [7, 11) is 0. The maximum atomic E-state index is 12.8. The van der Waals surface area contributed by atoms with Crippen molar-refractivity contribution in [3.63, 3.8) is 0 Å². The van der Waals surface area contributed by atoms with E-state index in [9.17, 15) is 13.2 Å². The van der Waals surface area contributed by atoms with Gasteiger partial charge in [0.1, 0.15) is 5.82 Å². The van der Waals surface area contributed by atoms with Crippen molar-refractivity contribution in [2.45, 2.75) is 13.1 Å². The molecule has 0 saturated carbocycles. The number of alkyl halides is 3. The van der Waals surface area contributed by atoms with E-state index in [1.165, 1.54) is 6.07 Å². The van der Waals surface area contributed by atoms with Crippen molar-refractivity contribution in [1.29, 1.82) is 0 Å². The lowest BCUT2D eigenvalue weighted by Gasteiger charge is -2.09. The first kappa shape index (κ1) is 14.1. The third-order valence-electron chi connectivity index (χ3n) is 3.26. The first-order chi connectivity index (χ1) is 9.86. The number of H-pyrrole nitrogens is 1. The highest BCUT2D eigenvalue weighted by Gasteiger charge is 2.31. The molecular weight excluding hydrogens is 345 g/mol. The Balaban J connectivity index is 2.20. The van der Waals surface area contributed by atoms with E-state index in [0.29, 0.717) is 15.9 Å². The molecule has 3 aromatic rings. The van der Waals surface area contributed by atoms with Crippen LogP contribution in [-0.4, -0.2) is 9.97 Å². The van der Waals surface area contributed by atoms with Gasteiger partial charge in [0.2, 0.25) is 0 Å². The Labute approximate surface area is 127 Å². The van der Waals surface area contributed by atoms with E-state index in [4.69, 9.17) is 0 Å². The molecular formula is C15H10BrF3N2. The van der Waals surface area contributed by atoms with E-state index < -0.39 is 11.7 Å². The maximum absolute atomic E-state index is 12.8. The number of nitrogens with one attached hydrogen (secondary N) is 1. The number of hydrogen-bond acceptors (Lipinski definition) is 1. The van der Waals surface area contributed by atoms with Crippen LogP contribution in [0, 0.1) is 6.92 Å². The number of aryl methyl sites for hydroxylation is 1. The molecule has 21 heavy (non-hydrogen) atoms. The molecule has 0 aliphatic rings. The Hall–Kier alpha value is -1.82. The molecule has 2 nitrogen and oxygen atoms in total. The number of aromatic amines is 1. The third kappa shape index (κ3) is 2.55. The normalized spacial score (nSPS) is 12.0. The number of fused-ring (bicyclic) bond motifs is 1. The number of halogens is 4. The van der Waals surface area contributed by atoms with E-state index >= 15 is 0 Å². The lowest BCUT2D eigenvalue weighted by atomic mass is 10.1. The van der Waals surface area contributed by atoms with Gasteiger partial charge < -0.3 is 4.98 Å². The Morgan fingerprint density at radius 2 is 1.90 bits per heavy atom. The topological polar surface area (TPSA) is 28.7 Å². The second-order valence-electron chi connectivity index (χ2n) is 4.75. The fourth-order valence-electron chi connectivity index (χ4n) is 2.19. The summed E-state index contributed by atoms with van der Waals surface area (Å²) in [5.41, 5.74) is 2.22. The van der Waals surface area contributed by atoms with Gasteiger partial charge in [-0.05, 0) is 36.8 Å². The second kappa shape index (κ2) is 4.87. The Kier molecular flexibility index (Phi) is 3.28. The minimum atomic E-state index is -4.38. The van der Waals surface area contributed by atoms with Gasteiger partial charge in [-0.25, -0.2) is 4.98 Å². The number of nitrogens with zero attached hydrogens (tertiary/aromatic N) is 1. The average Bonchev–Trinajstić information content (AvgIpc) is 2.83. The van der Waals surface area contributed by atoms with Crippen molar-refractivity contribution in [2.24, 2.45) is 0 Å². The van der Waals surface area contributed by atoms with Gasteiger partial charge >= 0.3 is 6.18 Å². The largest absolute Gasteiger partial charge is 0.416 e. The van der Waals surface area contributed by atoms with Crippen LogP contribution in [-0.2, 0) is 6.18 Å². The van der Waals surface area contributed by atoms with Gasteiger partial charge in [0.05, 0.1) is 16.6 Å². The van der Waals surface area contributed by atoms with Crippen LogP contribution in [0.2, 0.25) is 0 Å². The summed E-state index contributed by atoms with van der Waals surface area (Å²) in [6.07, 6.45) is -4.38. The molecule has 1 aromatic heterocycles. The highest BCUT2D eigenvalue weighted by atomic mass is 79.9. The van der Waals surface area contributed by atoms with E-state index in [0.717, 1.165) is 28.7 Å². The second-order valence-corrected chi connectivity index (χ2v) is 5.60. The average molecular weight is 355 g/mol. The fraction of sp³-hybridized carbons (Fsp3) is 0.133. The molecule has 0 radical (unpaired) electrons. The highest BCUT2D eigenvalue weighted by molar-refractivity contribution is 9.10. The minimum Gasteiger partial charge on any atom is -0.338 e. The number of aromatic nitrogens is 2. The molecule has 0 saturated heterocycles. The van der Waals surface area contributed by atoms with Crippen LogP contribution < -0.4 is 0 Å². The minimum absolute atomic E-state index is 0.389. The van der Waals surface area contributed by atoms with Crippen LogP contribution in [0.25, 0.3) is 22.4 Å². The molecule has 0 unspecified atom stereocenters. The zero-order valence-electron chi connectivity index (χ0n) is 10.9. The smallest absolute Gasteiger partial charge is 0.338 e. The van der Waals surface area contributed by atoms with Gasteiger partial charge in [-0.3, -0.25) is 0 Å². The van der Waals surface area contributed by atoms with Crippen molar-refractivity contribution in [1.82, 2.24) is 9.97 Å². The summed E-state index contributed by atoms with van der Waals surface area (Å²) in [5.74, 6) is 0.414. The molecule has 3 rings (SSSR count). The van der Waals surface area contributed by atoms with E-state index in [2.05, 4.69) is 25.9 Å². The zero-order valence-corrected chi connectivity index (χ0v) is 12.5. The van der Waals surface area contributed by atoms with Crippen molar-refractivity contribution in [3.05, 3.63) is 52.0 Å². The zero-order chi connectivity index (χ0) is 15.2. The van der Waals surface area contributed by atoms with Crippen molar-refractivity contribution in [3.8, 4) is 11.4 Å². The van der Waals surface area contributed by atoms with Crippen molar-refractivity contribution in [2.75, 3.05) is 0 Å². The summed E-state index contributed by atoms with van der Waals surface area (Å²) < 4.78 is 39.1. The van der Waals surface area contributed by atoms with E-state index in [1.807, 2.05) is 25.1 Å². The molecule has 2 aromatic carbocycles. The number of imidazole rings is 1. The number of benzene rings is 2. The van der Waals surface area contributed by atoms with Gasteiger partial charge in [-0.1, -0.05) is 28.1 Å². The lowest BCUT2D eigenvalue weighted by molar-refractivity contribution is -0.137. The number of rotatable bonds is 1. The van der Waals surface area contributed by atoms with Crippen LogP contribution in [0.4, 0.5) is 13.2 Å². The molecule has 0 amide bonds. The van der Waals surface area contributed by atoms with Gasteiger partial charge in [-0.2, -0.15) is 13.2 Å². The first-order valence-electron chi connectivity index (χ1n) is 6.19. The fourth-order valence-corrected chi connectivity index (χ4v) is 2.62. The summed E-state index contributed by atoms with van der Waals surface area (Å²) in [6.45, 7) is 1.91. The van der Waals surface area contributed by atoms with Gasteiger partial charge in [0.15, 0.2) is 0 Å². The van der Waals surface area contributed by atoms with Crippen LogP contribution in [0.15, 0.2) is 40.9 Å². The molecule has 0 aliphatic carbocycles. The quantitative estimate of drug-likeness (QED) is 0.629. The molecule has 0 fully saturated rings.